The highest BCUT2D eigenvalue weighted by atomic mass is 16.4. The lowest BCUT2D eigenvalue weighted by molar-refractivity contribution is 0.115. The average molecular weight is 294 g/mol. The van der Waals surface area contributed by atoms with E-state index < -0.39 is 0 Å². The molecule has 1 aliphatic heterocycles. The Labute approximate surface area is 126 Å². The van der Waals surface area contributed by atoms with Crippen molar-refractivity contribution in [2.45, 2.75) is 25.8 Å². The zero-order valence-electron chi connectivity index (χ0n) is 12.9. The van der Waals surface area contributed by atoms with Crippen LogP contribution in [0.15, 0.2) is 17.5 Å². The molecule has 1 aliphatic rings. The number of hydrogen-bond acceptors (Lipinski definition) is 5. The molecule has 118 valence electrons. The van der Waals surface area contributed by atoms with Gasteiger partial charge in [0, 0.05) is 46.0 Å². The van der Waals surface area contributed by atoms with Gasteiger partial charge in [-0.05, 0) is 18.4 Å². The number of piperazine rings is 1. The fourth-order valence-corrected chi connectivity index (χ4v) is 2.91. The Kier molecular flexibility index (Phi) is 5.58. The highest BCUT2D eigenvalue weighted by Gasteiger charge is 2.25. The van der Waals surface area contributed by atoms with Gasteiger partial charge < -0.3 is 15.8 Å². The van der Waals surface area contributed by atoms with Crippen LogP contribution in [0.3, 0.4) is 0 Å². The zero-order valence-corrected chi connectivity index (χ0v) is 12.9. The number of nitrogens with zero attached hydrogens (tertiary/aromatic N) is 5. The lowest BCUT2D eigenvalue weighted by Crippen LogP contribution is -2.54. The summed E-state index contributed by atoms with van der Waals surface area (Å²) in [5, 5.41) is 16.2. The van der Waals surface area contributed by atoms with E-state index in [1.165, 1.54) is 5.56 Å². The zero-order chi connectivity index (χ0) is 15.2. The molecule has 1 aromatic rings. The second-order valence-corrected chi connectivity index (χ2v) is 5.60. The van der Waals surface area contributed by atoms with Gasteiger partial charge in [-0.1, -0.05) is 12.1 Å². The first kappa shape index (κ1) is 15.8. The summed E-state index contributed by atoms with van der Waals surface area (Å²) < 4.78 is 1.84. The van der Waals surface area contributed by atoms with Crippen LogP contribution in [0.25, 0.3) is 0 Å². The number of rotatable bonds is 6. The van der Waals surface area contributed by atoms with Crippen molar-refractivity contribution in [3.8, 4) is 0 Å². The Bertz CT molecular complexity index is 464. The molecule has 0 saturated carbocycles. The van der Waals surface area contributed by atoms with Crippen molar-refractivity contribution in [2.75, 3.05) is 32.7 Å². The summed E-state index contributed by atoms with van der Waals surface area (Å²) in [6.45, 7) is 7.09. The van der Waals surface area contributed by atoms with Crippen LogP contribution in [-0.4, -0.2) is 69.4 Å². The van der Waals surface area contributed by atoms with Gasteiger partial charge in [-0.3, -0.25) is 9.58 Å². The van der Waals surface area contributed by atoms with Crippen molar-refractivity contribution in [1.29, 1.82) is 0 Å². The molecule has 1 saturated heterocycles. The van der Waals surface area contributed by atoms with Gasteiger partial charge in [-0.15, -0.1) is 0 Å². The summed E-state index contributed by atoms with van der Waals surface area (Å²) in [6, 6.07) is 0.0514. The summed E-state index contributed by atoms with van der Waals surface area (Å²) in [5.74, 6) is 0.321. The molecule has 2 heterocycles. The molecule has 1 atom stereocenters. The molecule has 0 amide bonds. The number of amidine groups is 1. The maximum absolute atomic E-state index is 8.85. The van der Waals surface area contributed by atoms with Crippen LogP contribution in [0.2, 0.25) is 0 Å². The van der Waals surface area contributed by atoms with Crippen molar-refractivity contribution in [2.24, 2.45) is 17.9 Å². The minimum atomic E-state index is 0.0514. The van der Waals surface area contributed by atoms with E-state index in [0.29, 0.717) is 5.84 Å². The number of oxime groups is 1. The third-order valence-electron chi connectivity index (χ3n) is 4.17. The van der Waals surface area contributed by atoms with Crippen molar-refractivity contribution in [1.82, 2.24) is 19.6 Å². The predicted molar refractivity (Wildman–Crippen MR) is 82.4 cm³/mol. The third-order valence-corrected chi connectivity index (χ3v) is 4.17. The molecular weight excluding hydrogens is 268 g/mol. The highest BCUT2D eigenvalue weighted by Crippen LogP contribution is 2.10. The molecule has 0 radical (unpaired) electrons. The Balaban J connectivity index is 1.77. The smallest absolute Gasteiger partial charge is 0.156 e. The Morgan fingerprint density at radius 3 is 2.67 bits per heavy atom. The molecule has 0 aromatic carbocycles. The van der Waals surface area contributed by atoms with E-state index in [2.05, 4.69) is 33.2 Å². The monoisotopic (exact) mass is 294 g/mol. The number of hydrogen-bond donors (Lipinski definition) is 2. The lowest BCUT2D eigenvalue weighted by Gasteiger charge is -2.38. The van der Waals surface area contributed by atoms with Gasteiger partial charge in [0.1, 0.15) is 0 Å². The van der Waals surface area contributed by atoms with Gasteiger partial charge in [-0.2, -0.15) is 5.10 Å². The van der Waals surface area contributed by atoms with E-state index in [4.69, 9.17) is 10.9 Å². The third kappa shape index (κ3) is 4.18. The summed E-state index contributed by atoms with van der Waals surface area (Å²) in [6.07, 6.45) is 5.90. The second kappa shape index (κ2) is 7.42. The first-order valence-electron chi connectivity index (χ1n) is 7.55. The Morgan fingerprint density at radius 2 is 2.14 bits per heavy atom. The summed E-state index contributed by atoms with van der Waals surface area (Å²) >= 11 is 0. The predicted octanol–water partition coefficient (Wildman–Crippen LogP) is 0.105. The van der Waals surface area contributed by atoms with Crippen molar-refractivity contribution in [3.63, 3.8) is 0 Å². The minimum Gasteiger partial charge on any atom is -0.409 e. The summed E-state index contributed by atoms with van der Waals surface area (Å²) in [7, 11) is 1.94. The second-order valence-electron chi connectivity index (χ2n) is 5.60. The topological polar surface area (TPSA) is 82.9 Å². The molecule has 1 aromatic heterocycles. The van der Waals surface area contributed by atoms with E-state index in [-0.39, 0.29) is 6.04 Å². The van der Waals surface area contributed by atoms with Crippen molar-refractivity contribution < 1.29 is 5.21 Å². The largest absolute Gasteiger partial charge is 0.409 e. The average Bonchev–Trinajstić information content (AvgIpc) is 2.92. The molecule has 2 rings (SSSR count). The van der Waals surface area contributed by atoms with Crippen LogP contribution in [0, 0.1) is 0 Å². The van der Waals surface area contributed by atoms with Crippen LogP contribution >= 0.6 is 0 Å². The maximum Gasteiger partial charge on any atom is 0.156 e. The van der Waals surface area contributed by atoms with Crippen molar-refractivity contribution >= 4 is 5.84 Å². The van der Waals surface area contributed by atoms with Crippen LogP contribution in [0.1, 0.15) is 18.9 Å². The minimum absolute atomic E-state index is 0.0514. The molecule has 7 nitrogen and oxygen atoms in total. The Hall–Kier alpha value is -1.60. The lowest BCUT2D eigenvalue weighted by atomic mass is 10.1. The number of aromatic nitrogens is 2. The van der Waals surface area contributed by atoms with Gasteiger partial charge in [0.2, 0.25) is 0 Å². The van der Waals surface area contributed by atoms with E-state index in [9.17, 15) is 0 Å². The molecular formula is C14H26N6O. The number of aryl methyl sites for hydroxylation is 1. The molecule has 0 spiro atoms. The van der Waals surface area contributed by atoms with Gasteiger partial charge in [-0.25, -0.2) is 0 Å². The molecule has 21 heavy (non-hydrogen) atoms. The van der Waals surface area contributed by atoms with Crippen LogP contribution in [0.5, 0.6) is 0 Å². The standard InChI is InChI=1S/C14H26N6O/c1-3-13(14(15)17-21)20-8-6-19(7-9-20)5-4-12-10-16-18(2)11-12/h10-11,13,21H,3-9H2,1-2H3,(H2,15,17). The SMILES string of the molecule is CCC(C(N)=NO)N1CCN(CCc2cnn(C)c2)CC1. The normalized spacial score (nSPS) is 19.8. The van der Waals surface area contributed by atoms with Crippen LogP contribution in [0.4, 0.5) is 0 Å². The van der Waals surface area contributed by atoms with Gasteiger partial charge in [0.15, 0.2) is 5.84 Å². The first-order valence-corrected chi connectivity index (χ1v) is 7.55. The maximum atomic E-state index is 8.85. The molecule has 0 bridgehead atoms. The fraction of sp³-hybridized carbons (Fsp3) is 0.714. The number of nitrogens with two attached hydrogens (primary N) is 1. The van der Waals surface area contributed by atoms with Crippen LogP contribution < -0.4 is 5.73 Å². The van der Waals surface area contributed by atoms with E-state index in [0.717, 1.165) is 45.6 Å². The molecule has 1 fully saturated rings. The van der Waals surface area contributed by atoms with Crippen molar-refractivity contribution in [3.05, 3.63) is 18.0 Å². The summed E-state index contributed by atoms with van der Waals surface area (Å²) in [5.41, 5.74) is 7.05. The van der Waals surface area contributed by atoms with Crippen LogP contribution in [-0.2, 0) is 13.5 Å². The van der Waals surface area contributed by atoms with Gasteiger partial charge >= 0.3 is 0 Å². The fourth-order valence-electron chi connectivity index (χ4n) is 2.91. The van der Waals surface area contributed by atoms with Gasteiger partial charge in [0.25, 0.3) is 0 Å². The molecule has 0 aliphatic carbocycles. The molecule has 1 unspecified atom stereocenters. The summed E-state index contributed by atoms with van der Waals surface area (Å²) in [4.78, 5) is 4.76. The Morgan fingerprint density at radius 1 is 1.43 bits per heavy atom. The molecule has 3 N–H and O–H groups in total. The first-order chi connectivity index (χ1) is 10.1. The van der Waals surface area contributed by atoms with E-state index in [1.807, 2.05) is 17.9 Å². The highest BCUT2D eigenvalue weighted by molar-refractivity contribution is 5.85. The van der Waals surface area contributed by atoms with E-state index in [1.54, 1.807) is 0 Å². The van der Waals surface area contributed by atoms with E-state index >= 15 is 0 Å². The quantitative estimate of drug-likeness (QED) is 0.337. The van der Waals surface area contributed by atoms with Gasteiger partial charge in [0.05, 0.1) is 12.2 Å². The molecule has 7 heteroatoms.